The van der Waals surface area contributed by atoms with Crippen molar-refractivity contribution in [3.8, 4) is 5.75 Å². The Kier molecular flexibility index (Phi) is 7.92. The van der Waals surface area contributed by atoms with Crippen LogP contribution in [-0.4, -0.2) is 18.8 Å². The zero-order valence-corrected chi connectivity index (χ0v) is 19.6. The number of hydrogen-bond acceptors (Lipinski definition) is 4. The van der Waals surface area contributed by atoms with Crippen LogP contribution < -0.4 is 15.6 Å². The van der Waals surface area contributed by atoms with E-state index in [-0.39, 0.29) is 18.1 Å². The number of rotatable bonds is 10. The number of amides is 1. The van der Waals surface area contributed by atoms with E-state index in [0.29, 0.717) is 11.3 Å². The Labute approximate surface area is 205 Å². The van der Waals surface area contributed by atoms with Crippen LogP contribution in [-0.2, 0) is 4.79 Å². The third kappa shape index (κ3) is 6.15. The lowest BCUT2D eigenvalue weighted by molar-refractivity contribution is -0.121. The number of benzene rings is 4. The van der Waals surface area contributed by atoms with Crippen molar-refractivity contribution in [1.82, 2.24) is 5.43 Å². The summed E-state index contributed by atoms with van der Waals surface area (Å²) in [4.78, 5) is 27.0. The largest absolute Gasteiger partial charge is 0.497 e. The summed E-state index contributed by atoms with van der Waals surface area (Å²) in [5.74, 6) is -0.464. The van der Waals surface area contributed by atoms with Gasteiger partial charge in [-0.1, -0.05) is 91.0 Å². The molecule has 5 heteroatoms. The molecule has 1 amide bonds. The summed E-state index contributed by atoms with van der Waals surface area (Å²) >= 11 is 0. The fourth-order valence-corrected chi connectivity index (χ4v) is 4.20. The Hall–Kier alpha value is -4.38. The van der Waals surface area contributed by atoms with Crippen LogP contribution in [0.4, 0.5) is 5.69 Å². The molecule has 4 aromatic carbocycles. The van der Waals surface area contributed by atoms with Crippen LogP contribution in [0.1, 0.15) is 39.7 Å². The zero-order valence-electron chi connectivity index (χ0n) is 19.6. The molecule has 4 aromatic rings. The highest BCUT2D eigenvalue weighted by Gasteiger charge is 2.33. The highest BCUT2D eigenvalue weighted by atomic mass is 16.5. The molecule has 2 atom stereocenters. The van der Waals surface area contributed by atoms with E-state index in [4.69, 9.17) is 4.74 Å². The minimum Gasteiger partial charge on any atom is -0.497 e. The van der Waals surface area contributed by atoms with Gasteiger partial charge in [0.15, 0.2) is 5.78 Å². The molecule has 2 N–H and O–H groups in total. The maximum Gasteiger partial charge on any atom is 0.238 e. The Bertz CT molecular complexity index is 1230. The molecule has 0 saturated heterocycles. The minimum atomic E-state index is -0.547. The third-order valence-corrected chi connectivity index (χ3v) is 5.97. The van der Waals surface area contributed by atoms with Crippen LogP contribution in [0.15, 0.2) is 115 Å². The summed E-state index contributed by atoms with van der Waals surface area (Å²) in [6.07, 6.45) is 0.115. The molecule has 0 aliphatic rings. The van der Waals surface area contributed by atoms with Gasteiger partial charge in [-0.25, -0.2) is 0 Å². The van der Waals surface area contributed by atoms with Crippen LogP contribution in [0.25, 0.3) is 0 Å². The van der Waals surface area contributed by atoms with Crippen molar-refractivity contribution in [1.29, 1.82) is 0 Å². The molecule has 176 valence electrons. The number of ether oxygens (including phenoxy) is 1. The SMILES string of the molecule is COc1ccc(C(CC(=O)NNc2ccccc2)C(C(=O)c2ccccc2)c2ccccc2)cc1. The first kappa shape index (κ1) is 23.8. The van der Waals surface area contributed by atoms with Crippen LogP contribution in [0.3, 0.4) is 0 Å². The lowest BCUT2D eigenvalue weighted by Gasteiger charge is -2.27. The standard InChI is InChI=1S/C30H28N2O3/c1-35-26-19-17-22(18-20-26)27(21-28(33)32-31-25-15-9-4-10-16-25)29(23-11-5-2-6-12-23)30(34)24-13-7-3-8-14-24/h2-20,27,29,31H,21H2,1H3,(H,32,33). The average Bonchev–Trinajstić information content (AvgIpc) is 2.93. The van der Waals surface area contributed by atoms with Crippen molar-refractivity contribution in [2.24, 2.45) is 0 Å². The number of anilines is 1. The molecule has 4 rings (SSSR count). The van der Waals surface area contributed by atoms with E-state index >= 15 is 0 Å². The molecular weight excluding hydrogens is 436 g/mol. The minimum absolute atomic E-state index is 0.0264. The molecule has 0 heterocycles. The topological polar surface area (TPSA) is 67.4 Å². The smallest absolute Gasteiger partial charge is 0.238 e. The predicted molar refractivity (Wildman–Crippen MR) is 139 cm³/mol. The normalized spacial score (nSPS) is 12.3. The van der Waals surface area contributed by atoms with Gasteiger partial charge < -0.3 is 4.74 Å². The van der Waals surface area contributed by atoms with Gasteiger partial charge in [0, 0.05) is 17.9 Å². The number of methoxy groups -OCH3 is 1. The molecule has 0 fully saturated rings. The summed E-state index contributed by atoms with van der Waals surface area (Å²) in [6, 6.07) is 35.9. The predicted octanol–water partition coefficient (Wildman–Crippen LogP) is 5.98. The molecule has 0 spiro atoms. The number of hydrazine groups is 1. The number of carbonyl (C=O) groups excluding carboxylic acids is 2. The Morgan fingerprint density at radius 3 is 1.89 bits per heavy atom. The van der Waals surface area contributed by atoms with Crippen molar-refractivity contribution in [3.05, 3.63) is 132 Å². The fraction of sp³-hybridized carbons (Fsp3) is 0.133. The summed E-state index contributed by atoms with van der Waals surface area (Å²) in [7, 11) is 1.61. The summed E-state index contributed by atoms with van der Waals surface area (Å²) < 4.78 is 5.32. The molecule has 0 aliphatic heterocycles. The second kappa shape index (κ2) is 11.7. The number of para-hydroxylation sites is 1. The van der Waals surface area contributed by atoms with Crippen molar-refractivity contribution in [3.63, 3.8) is 0 Å². The van der Waals surface area contributed by atoms with Gasteiger partial charge in [0.25, 0.3) is 0 Å². The molecule has 0 bridgehead atoms. The second-order valence-corrected chi connectivity index (χ2v) is 8.24. The fourth-order valence-electron chi connectivity index (χ4n) is 4.20. The first-order valence-corrected chi connectivity index (χ1v) is 11.5. The lowest BCUT2D eigenvalue weighted by Crippen LogP contribution is -2.32. The Morgan fingerprint density at radius 1 is 0.714 bits per heavy atom. The number of ketones is 1. The summed E-state index contributed by atoms with van der Waals surface area (Å²) in [5, 5.41) is 0. The van der Waals surface area contributed by atoms with Gasteiger partial charge >= 0.3 is 0 Å². The molecule has 0 aromatic heterocycles. The zero-order chi connectivity index (χ0) is 24.5. The maximum atomic E-state index is 13.9. The van der Waals surface area contributed by atoms with E-state index in [1.165, 1.54) is 0 Å². The van der Waals surface area contributed by atoms with Gasteiger partial charge in [0.2, 0.25) is 5.91 Å². The highest BCUT2D eigenvalue weighted by molar-refractivity contribution is 6.02. The summed E-state index contributed by atoms with van der Waals surface area (Å²) in [6.45, 7) is 0. The molecule has 5 nitrogen and oxygen atoms in total. The van der Waals surface area contributed by atoms with Crippen molar-refractivity contribution in [2.75, 3.05) is 12.5 Å². The molecule has 2 unspecified atom stereocenters. The van der Waals surface area contributed by atoms with Crippen LogP contribution in [0, 0.1) is 0 Å². The lowest BCUT2D eigenvalue weighted by atomic mass is 9.75. The molecule has 0 radical (unpaired) electrons. The van der Waals surface area contributed by atoms with Gasteiger partial charge in [-0.3, -0.25) is 20.4 Å². The second-order valence-electron chi connectivity index (χ2n) is 8.24. The highest BCUT2D eigenvalue weighted by Crippen LogP contribution is 2.39. The monoisotopic (exact) mass is 464 g/mol. The van der Waals surface area contributed by atoms with Crippen LogP contribution in [0.5, 0.6) is 5.75 Å². The molecule has 0 aliphatic carbocycles. The van der Waals surface area contributed by atoms with Crippen LogP contribution >= 0.6 is 0 Å². The van der Waals surface area contributed by atoms with Crippen molar-refractivity contribution < 1.29 is 14.3 Å². The van der Waals surface area contributed by atoms with E-state index in [1.807, 2.05) is 115 Å². The van der Waals surface area contributed by atoms with E-state index in [0.717, 1.165) is 16.8 Å². The number of hydrogen-bond donors (Lipinski definition) is 2. The molecule has 0 saturated carbocycles. The van der Waals surface area contributed by atoms with Gasteiger partial charge in [0.05, 0.1) is 18.7 Å². The number of nitrogens with one attached hydrogen (secondary N) is 2. The van der Waals surface area contributed by atoms with Crippen LogP contribution in [0.2, 0.25) is 0 Å². The number of carbonyl (C=O) groups is 2. The Balaban J connectivity index is 1.69. The Morgan fingerprint density at radius 2 is 1.29 bits per heavy atom. The van der Waals surface area contributed by atoms with Gasteiger partial charge in [-0.15, -0.1) is 0 Å². The van der Waals surface area contributed by atoms with Gasteiger partial charge in [0.1, 0.15) is 5.75 Å². The quantitative estimate of drug-likeness (QED) is 0.224. The molecule has 35 heavy (non-hydrogen) atoms. The first-order valence-electron chi connectivity index (χ1n) is 11.5. The van der Waals surface area contributed by atoms with Gasteiger partial charge in [-0.2, -0.15) is 0 Å². The van der Waals surface area contributed by atoms with E-state index in [1.54, 1.807) is 7.11 Å². The summed E-state index contributed by atoms with van der Waals surface area (Å²) in [5.41, 5.74) is 8.88. The number of Topliss-reactive ketones (excluding diaryl/α,β-unsaturated/α-hetero) is 1. The maximum absolute atomic E-state index is 13.9. The van der Waals surface area contributed by atoms with Crippen molar-refractivity contribution >= 4 is 17.4 Å². The molecular formula is C30H28N2O3. The average molecular weight is 465 g/mol. The van der Waals surface area contributed by atoms with E-state index in [2.05, 4.69) is 10.9 Å². The van der Waals surface area contributed by atoms with E-state index < -0.39 is 11.8 Å². The third-order valence-electron chi connectivity index (χ3n) is 5.97. The first-order chi connectivity index (χ1) is 17.2. The van der Waals surface area contributed by atoms with Gasteiger partial charge in [-0.05, 0) is 35.4 Å². The van der Waals surface area contributed by atoms with Crippen molar-refractivity contribution in [2.45, 2.75) is 18.3 Å². The van der Waals surface area contributed by atoms with E-state index in [9.17, 15) is 9.59 Å².